The van der Waals surface area contributed by atoms with Crippen LogP contribution in [0, 0.1) is 6.92 Å². The number of hydrogen-bond acceptors (Lipinski definition) is 3. The summed E-state index contributed by atoms with van der Waals surface area (Å²) in [5.74, 6) is -1.81. The van der Waals surface area contributed by atoms with Crippen molar-refractivity contribution in [1.82, 2.24) is 10.2 Å². The van der Waals surface area contributed by atoms with Crippen molar-refractivity contribution in [1.29, 1.82) is 0 Å². The van der Waals surface area contributed by atoms with E-state index in [1.54, 1.807) is 6.92 Å². The Hall–Kier alpha value is -2.05. The molecule has 1 aromatic carbocycles. The SMILES string of the molecule is Cc1[nH]ncc1C(=O)Nc1c(Cl)ccc(Cl)c1C(=O)O. The molecular weight excluding hydrogens is 305 g/mol. The molecule has 2 rings (SSSR count). The molecule has 0 atom stereocenters. The maximum Gasteiger partial charge on any atom is 0.339 e. The van der Waals surface area contributed by atoms with E-state index in [4.69, 9.17) is 28.3 Å². The van der Waals surface area contributed by atoms with Crippen LogP contribution in [-0.2, 0) is 0 Å². The Bertz CT molecular complexity index is 697. The first-order valence-electron chi connectivity index (χ1n) is 5.44. The van der Waals surface area contributed by atoms with E-state index in [0.29, 0.717) is 5.69 Å². The van der Waals surface area contributed by atoms with E-state index >= 15 is 0 Å². The maximum atomic E-state index is 12.1. The number of nitrogens with one attached hydrogen (secondary N) is 2. The van der Waals surface area contributed by atoms with Crippen LogP contribution in [0.4, 0.5) is 5.69 Å². The molecule has 0 fully saturated rings. The molecule has 6 nitrogen and oxygen atoms in total. The first kappa shape index (κ1) is 14.4. The van der Waals surface area contributed by atoms with Crippen molar-refractivity contribution in [2.24, 2.45) is 0 Å². The summed E-state index contributed by atoms with van der Waals surface area (Å²) in [4.78, 5) is 23.3. The third-order valence-electron chi connectivity index (χ3n) is 2.63. The van der Waals surface area contributed by atoms with E-state index in [9.17, 15) is 9.59 Å². The summed E-state index contributed by atoms with van der Waals surface area (Å²) in [7, 11) is 0. The summed E-state index contributed by atoms with van der Waals surface area (Å²) in [6, 6.07) is 2.76. The van der Waals surface area contributed by atoms with Gasteiger partial charge in [-0.15, -0.1) is 0 Å². The molecule has 1 amide bonds. The van der Waals surface area contributed by atoms with Crippen LogP contribution in [0.2, 0.25) is 10.0 Å². The van der Waals surface area contributed by atoms with Crippen molar-refractivity contribution in [3.8, 4) is 0 Å². The normalized spacial score (nSPS) is 10.3. The minimum atomic E-state index is -1.28. The van der Waals surface area contributed by atoms with Crippen LogP contribution in [0.5, 0.6) is 0 Å². The number of H-pyrrole nitrogens is 1. The molecule has 0 saturated carbocycles. The van der Waals surface area contributed by atoms with Crippen molar-refractivity contribution >= 4 is 40.8 Å². The van der Waals surface area contributed by atoms with Crippen LogP contribution < -0.4 is 5.32 Å². The molecular formula is C12H9Cl2N3O3. The minimum absolute atomic E-state index is 0.0129. The Morgan fingerprint density at radius 2 is 1.95 bits per heavy atom. The summed E-state index contributed by atoms with van der Waals surface area (Å²) in [6.07, 6.45) is 1.34. The number of anilines is 1. The molecule has 0 spiro atoms. The molecule has 0 unspecified atom stereocenters. The summed E-state index contributed by atoms with van der Waals surface area (Å²) < 4.78 is 0. The largest absolute Gasteiger partial charge is 0.478 e. The standard InChI is InChI=1S/C12H9Cl2N3O3/c1-5-6(4-15-17-5)11(18)16-10-8(14)3-2-7(13)9(10)12(19)20/h2-4H,1H3,(H,15,17)(H,16,18)(H,19,20). The fraction of sp³-hybridized carbons (Fsp3) is 0.0833. The average molecular weight is 314 g/mol. The lowest BCUT2D eigenvalue weighted by molar-refractivity contribution is 0.0698. The average Bonchev–Trinajstić information content (AvgIpc) is 2.79. The Morgan fingerprint density at radius 3 is 2.50 bits per heavy atom. The van der Waals surface area contributed by atoms with Gasteiger partial charge in [0, 0.05) is 5.69 Å². The summed E-state index contributed by atoms with van der Waals surface area (Å²) in [5, 5.41) is 18.0. The lowest BCUT2D eigenvalue weighted by atomic mass is 10.1. The van der Waals surface area contributed by atoms with E-state index in [1.165, 1.54) is 18.3 Å². The van der Waals surface area contributed by atoms with Gasteiger partial charge < -0.3 is 10.4 Å². The number of rotatable bonds is 3. The van der Waals surface area contributed by atoms with Crippen LogP contribution in [0.25, 0.3) is 0 Å². The first-order chi connectivity index (χ1) is 9.41. The Morgan fingerprint density at radius 1 is 1.30 bits per heavy atom. The molecule has 1 heterocycles. The van der Waals surface area contributed by atoms with Crippen molar-refractivity contribution in [2.75, 3.05) is 5.32 Å². The molecule has 8 heteroatoms. The molecule has 104 valence electrons. The second-order valence-corrected chi connectivity index (χ2v) is 4.76. The van der Waals surface area contributed by atoms with Gasteiger partial charge in [0.2, 0.25) is 0 Å². The molecule has 0 radical (unpaired) electrons. The number of halogens is 2. The van der Waals surface area contributed by atoms with Gasteiger partial charge in [0.15, 0.2) is 0 Å². The van der Waals surface area contributed by atoms with Gasteiger partial charge in [-0.05, 0) is 19.1 Å². The third-order valence-corrected chi connectivity index (χ3v) is 3.26. The highest BCUT2D eigenvalue weighted by Gasteiger charge is 2.21. The summed E-state index contributed by atoms with van der Waals surface area (Å²) >= 11 is 11.8. The third kappa shape index (κ3) is 2.61. The van der Waals surface area contributed by atoms with Crippen LogP contribution >= 0.6 is 23.2 Å². The van der Waals surface area contributed by atoms with E-state index in [0.717, 1.165) is 0 Å². The van der Waals surface area contributed by atoms with Gasteiger partial charge in [-0.1, -0.05) is 23.2 Å². The maximum absolute atomic E-state index is 12.1. The van der Waals surface area contributed by atoms with E-state index in [2.05, 4.69) is 15.5 Å². The number of carbonyl (C=O) groups excluding carboxylic acids is 1. The minimum Gasteiger partial charge on any atom is -0.478 e. The van der Waals surface area contributed by atoms with Gasteiger partial charge in [-0.25, -0.2) is 4.79 Å². The topological polar surface area (TPSA) is 95.1 Å². The van der Waals surface area contributed by atoms with E-state index in [-0.39, 0.29) is 26.9 Å². The van der Waals surface area contributed by atoms with Gasteiger partial charge in [0.05, 0.1) is 27.5 Å². The number of aromatic nitrogens is 2. The van der Waals surface area contributed by atoms with Crippen molar-refractivity contribution < 1.29 is 14.7 Å². The molecule has 0 aliphatic rings. The van der Waals surface area contributed by atoms with Crippen LogP contribution in [0.1, 0.15) is 26.4 Å². The van der Waals surface area contributed by atoms with Gasteiger partial charge in [0.1, 0.15) is 5.56 Å². The number of hydrogen-bond donors (Lipinski definition) is 3. The van der Waals surface area contributed by atoms with Crippen molar-refractivity contribution in [3.63, 3.8) is 0 Å². The summed E-state index contributed by atoms with van der Waals surface area (Å²) in [6.45, 7) is 1.67. The number of carboxylic acid groups (broad SMARTS) is 1. The molecule has 0 aliphatic carbocycles. The number of amides is 1. The molecule has 3 N–H and O–H groups in total. The molecule has 0 saturated heterocycles. The lowest BCUT2D eigenvalue weighted by Gasteiger charge is -2.11. The highest BCUT2D eigenvalue weighted by Crippen LogP contribution is 2.32. The zero-order chi connectivity index (χ0) is 14.9. The highest BCUT2D eigenvalue weighted by atomic mass is 35.5. The highest BCUT2D eigenvalue weighted by molar-refractivity contribution is 6.38. The summed E-state index contributed by atoms with van der Waals surface area (Å²) in [5.41, 5.74) is 0.542. The number of aryl methyl sites for hydroxylation is 1. The molecule has 0 aliphatic heterocycles. The lowest BCUT2D eigenvalue weighted by Crippen LogP contribution is -2.16. The smallest absolute Gasteiger partial charge is 0.339 e. The number of carbonyl (C=O) groups is 2. The number of nitrogens with zero attached hydrogens (tertiary/aromatic N) is 1. The quantitative estimate of drug-likeness (QED) is 0.811. The van der Waals surface area contributed by atoms with Crippen LogP contribution in [0.15, 0.2) is 18.3 Å². The van der Waals surface area contributed by atoms with Gasteiger partial charge in [-0.3, -0.25) is 9.89 Å². The van der Waals surface area contributed by atoms with Gasteiger partial charge >= 0.3 is 5.97 Å². The molecule has 2 aromatic rings. The molecule has 0 bridgehead atoms. The van der Waals surface area contributed by atoms with Crippen LogP contribution in [0.3, 0.4) is 0 Å². The number of aromatic carboxylic acids is 1. The fourth-order valence-electron chi connectivity index (χ4n) is 1.64. The predicted molar refractivity (Wildman–Crippen MR) is 74.7 cm³/mol. The van der Waals surface area contributed by atoms with Crippen LogP contribution in [-0.4, -0.2) is 27.2 Å². The van der Waals surface area contributed by atoms with Crippen molar-refractivity contribution in [2.45, 2.75) is 6.92 Å². The molecule has 1 aromatic heterocycles. The van der Waals surface area contributed by atoms with Crippen molar-refractivity contribution in [3.05, 3.63) is 45.2 Å². The van der Waals surface area contributed by atoms with E-state index in [1.807, 2.05) is 0 Å². The monoisotopic (exact) mass is 313 g/mol. The Labute approximate surface area is 123 Å². The van der Waals surface area contributed by atoms with Gasteiger partial charge in [-0.2, -0.15) is 5.10 Å². The first-order valence-corrected chi connectivity index (χ1v) is 6.20. The fourth-order valence-corrected chi connectivity index (χ4v) is 2.09. The Balaban J connectivity index is 2.44. The number of benzene rings is 1. The zero-order valence-corrected chi connectivity index (χ0v) is 11.7. The number of carboxylic acids is 1. The van der Waals surface area contributed by atoms with E-state index < -0.39 is 11.9 Å². The second-order valence-electron chi connectivity index (χ2n) is 3.95. The second kappa shape index (κ2) is 5.52. The van der Waals surface area contributed by atoms with Gasteiger partial charge in [0.25, 0.3) is 5.91 Å². The Kier molecular flexibility index (Phi) is 3.96. The molecule has 20 heavy (non-hydrogen) atoms. The number of aromatic amines is 1. The predicted octanol–water partition coefficient (Wildman–Crippen LogP) is 2.98. The zero-order valence-electron chi connectivity index (χ0n) is 10.2.